The Balaban J connectivity index is 1.93. The van der Waals surface area contributed by atoms with E-state index in [1.807, 2.05) is 62.4 Å². The van der Waals surface area contributed by atoms with Crippen molar-refractivity contribution in [3.63, 3.8) is 0 Å². The average molecular weight is 315 g/mol. The molecule has 0 fully saturated rings. The van der Waals surface area contributed by atoms with Crippen LogP contribution in [0.2, 0.25) is 0 Å². The monoisotopic (exact) mass is 315 g/mol. The molecular weight excluding hydrogens is 298 g/mol. The predicted molar refractivity (Wildman–Crippen MR) is 95.4 cm³/mol. The first-order chi connectivity index (χ1) is 11.6. The summed E-state index contributed by atoms with van der Waals surface area (Å²) < 4.78 is 1.78. The molecule has 1 aromatic heterocycles. The summed E-state index contributed by atoms with van der Waals surface area (Å²) in [5, 5.41) is 7.39. The number of amides is 1. The van der Waals surface area contributed by atoms with E-state index in [9.17, 15) is 4.79 Å². The molecule has 0 atom stereocenters. The number of aryl methyl sites for hydroxylation is 1. The van der Waals surface area contributed by atoms with E-state index in [0.29, 0.717) is 16.9 Å². The smallest absolute Gasteiger partial charge is 0.259 e. The van der Waals surface area contributed by atoms with Gasteiger partial charge in [0.25, 0.3) is 5.91 Å². The zero-order valence-electron chi connectivity index (χ0n) is 13.6. The molecule has 0 radical (unpaired) electrons. The molecule has 24 heavy (non-hydrogen) atoms. The highest BCUT2D eigenvalue weighted by Crippen LogP contribution is 2.20. The molecule has 1 amide bonds. The van der Waals surface area contributed by atoms with E-state index < -0.39 is 0 Å². The highest BCUT2D eigenvalue weighted by molar-refractivity contribution is 6.06. The van der Waals surface area contributed by atoms with Crippen LogP contribution in [0.3, 0.4) is 0 Å². The molecule has 3 rings (SSSR count). The normalized spacial score (nSPS) is 10.2. The van der Waals surface area contributed by atoms with E-state index in [0.717, 1.165) is 16.9 Å². The second-order valence-electron chi connectivity index (χ2n) is 5.47. The van der Waals surface area contributed by atoms with Crippen molar-refractivity contribution in [2.24, 2.45) is 0 Å². The van der Waals surface area contributed by atoms with Crippen molar-refractivity contribution in [1.82, 2.24) is 9.78 Å². The molecule has 0 saturated heterocycles. The van der Waals surface area contributed by atoms with Gasteiger partial charge in [-0.3, -0.25) is 4.79 Å². The molecule has 118 valence electrons. The minimum absolute atomic E-state index is 0.193. The lowest BCUT2D eigenvalue weighted by Crippen LogP contribution is -2.14. The molecule has 0 saturated carbocycles. The standard InChI is InChI=1S/C20H17N3O/c1-4-16-9-8-10-17(13-16)21-20(24)19-14(2)22-23(15(19)3)18-11-6-5-7-12-18/h1,5-13H,2-3H3,(H,21,24). The summed E-state index contributed by atoms with van der Waals surface area (Å²) in [7, 11) is 0. The molecule has 4 nitrogen and oxygen atoms in total. The number of aromatic nitrogens is 2. The third-order valence-electron chi connectivity index (χ3n) is 3.81. The quantitative estimate of drug-likeness (QED) is 0.749. The largest absolute Gasteiger partial charge is 0.322 e. The summed E-state index contributed by atoms with van der Waals surface area (Å²) >= 11 is 0. The van der Waals surface area contributed by atoms with Gasteiger partial charge in [0.1, 0.15) is 0 Å². The van der Waals surface area contributed by atoms with Gasteiger partial charge in [-0.1, -0.05) is 30.2 Å². The van der Waals surface area contributed by atoms with Gasteiger partial charge in [-0.2, -0.15) is 5.10 Å². The Morgan fingerprint density at radius 2 is 1.88 bits per heavy atom. The lowest BCUT2D eigenvalue weighted by Gasteiger charge is -2.07. The van der Waals surface area contributed by atoms with E-state index in [1.54, 1.807) is 10.7 Å². The van der Waals surface area contributed by atoms with Gasteiger partial charge in [0.15, 0.2) is 0 Å². The molecule has 0 aliphatic heterocycles. The molecule has 2 aromatic carbocycles. The molecule has 1 heterocycles. The van der Waals surface area contributed by atoms with Crippen LogP contribution in [0.5, 0.6) is 0 Å². The summed E-state index contributed by atoms with van der Waals surface area (Å²) in [4.78, 5) is 12.7. The molecule has 0 aliphatic rings. The minimum atomic E-state index is -0.193. The molecule has 1 N–H and O–H groups in total. The number of carbonyl (C=O) groups excluding carboxylic acids is 1. The van der Waals surface area contributed by atoms with Crippen LogP contribution in [0, 0.1) is 26.2 Å². The number of anilines is 1. The second kappa shape index (κ2) is 6.43. The van der Waals surface area contributed by atoms with Gasteiger partial charge in [-0.25, -0.2) is 4.68 Å². The highest BCUT2D eigenvalue weighted by Gasteiger charge is 2.19. The number of terminal acetylenes is 1. The number of benzene rings is 2. The van der Waals surface area contributed by atoms with E-state index >= 15 is 0 Å². The molecule has 0 spiro atoms. The van der Waals surface area contributed by atoms with E-state index in [1.165, 1.54) is 0 Å². The third-order valence-corrected chi connectivity index (χ3v) is 3.81. The Bertz CT molecular complexity index is 933. The fraction of sp³-hybridized carbons (Fsp3) is 0.100. The number of para-hydroxylation sites is 1. The van der Waals surface area contributed by atoms with Gasteiger partial charge in [0, 0.05) is 11.3 Å². The maximum atomic E-state index is 12.7. The van der Waals surface area contributed by atoms with Gasteiger partial charge >= 0.3 is 0 Å². The van der Waals surface area contributed by atoms with Gasteiger partial charge in [0.05, 0.1) is 22.6 Å². The van der Waals surface area contributed by atoms with E-state index in [4.69, 9.17) is 6.42 Å². The number of hydrogen-bond donors (Lipinski definition) is 1. The van der Waals surface area contributed by atoms with Crippen LogP contribution in [-0.4, -0.2) is 15.7 Å². The Hall–Kier alpha value is -3.32. The van der Waals surface area contributed by atoms with E-state index in [-0.39, 0.29) is 5.91 Å². The predicted octanol–water partition coefficient (Wildman–Crippen LogP) is 3.72. The summed E-state index contributed by atoms with van der Waals surface area (Å²) in [6, 6.07) is 17.0. The van der Waals surface area contributed by atoms with Crippen LogP contribution < -0.4 is 5.32 Å². The fourth-order valence-electron chi connectivity index (χ4n) is 2.67. The first-order valence-electron chi connectivity index (χ1n) is 7.60. The third kappa shape index (κ3) is 2.92. The van der Waals surface area contributed by atoms with Gasteiger partial charge in [0.2, 0.25) is 0 Å². The number of rotatable bonds is 3. The van der Waals surface area contributed by atoms with Crippen molar-refractivity contribution >= 4 is 11.6 Å². The van der Waals surface area contributed by atoms with Gasteiger partial charge in [-0.15, -0.1) is 6.42 Å². The Morgan fingerprint density at radius 3 is 2.58 bits per heavy atom. The Labute approximate surface area is 141 Å². The van der Waals surface area contributed by atoms with Crippen molar-refractivity contribution in [3.8, 4) is 18.0 Å². The molecule has 0 aliphatic carbocycles. The summed E-state index contributed by atoms with van der Waals surface area (Å²) in [6.45, 7) is 3.72. The molecule has 0 unspecified atom stereocenters. The lowest BCUT2D eigenvalue weighted by atomic mass is 10.1. The molecular formula is C20H17N3O. The van der Waals surface area contributed by atoms with Crippen molar-refractivity contribution in [3.05, 3.63) is 77.1 Å². The highest BCUT2D eigenvalue weighted by atomic mass is 16.1. The van der Waals surface area contributed by atoms with Crippen molar-refractivity contribution in [2.45, 2.75) is 13.8 Å². The number of nitrogens with zero attached hydrogens (tertiary/aromatic N) is 2. The second-order valence-corrected chi connectivity index (χ2v) is 5.47. The first-order valence-corrected chi connectivity index (χ1v) is 7.60. The average Bonchev–Trinajstić information content (AvgIpc) is 2.90. The zero-order chi connectivity index (χ0) is 17.1. The zero-order valence-corrected chi connectivity index (χ0v) is 13.6. The minimum Gasteiger partial charge on any atom is -0.322 e. The topological polar surface area (TPSA) is 46.9 Å². The summed E-state index contributed by atoms with van der Waals surface area (Å²) in [5.41, 5.74) is 4.37. The van der Waals surface area contributed by atoms with Crippen molar-refractivity contribution in [2.75, 3.05) is 5.32 Å². The summed E-state index contributed by atoms with van der Waals surface area (Å²) in [6.07, 6.45) is 5.40. The number of hydrogen-bond acceptors (Lipinski definition) is 2. The van der Waals surface area contributed by atoms with Gasteiger partial charge in [-0.05, 0) is 44.2 Å². The first kappa shape index (κ1) is 15.6. The Kier molecular flexibility index (Phi) is 4.17. The maximum absolute atomic E-state index is 12.7. The molecule has 3 aromatic rings. The SMILES string of the molecule is C#Cc1cccc(NC(=O)c2c(C)nn(-c3ccccc3)c2C)c1. The van der Waals surface area contributed by atoms with Crippen LogP contribution in [0.4, 0.5) is 5.69 Å². The van der Waals surface area contributed by atoms with Crippen LogP contribution in [0.15, 0.2) is 54.6 Å². The van der Waals surface area contributed by atoms with Crippen molar-refractivity contribution < 1.29 is 4.79 Å². The maximum Gasteiger partial charge on any atom is 0.259 e. The fourth-order valence-corrected chi connectivity index (χ4v) is 2.67. The number of carbonyl (C=O) groups is 1. The van der Waals surface area contributed by atoms with Crippen LogP contribution >= 0.6 is 0 Å². The van der Waals surface area contributed by atoms with Gasteiger partial charge < -0.3 is 5.32 Å². The lowest BCUT2D eigenvalue weighted by molar-refractivity contribution is 0.102. The van der Waals surface area contributed by atoms with Crippen molar-refractivity contribution in [1.29, 1.82) is 0 Å². The molecule has 4 heteroatoms. The Morgan fingerprint density at radius 1 is 1.12 bits per heavy atom. The molecule has 0 bridgehead atoms. The number of nitrogens with one attached hydrogen (secondary N) is 1. The van der Waals surface area contributed by atoms with E-state index in [2.05, 4.69) is 16.3 Å². The van der Waals surface area contributed by atoms with Crippen LogP contribution in [-0.2, 0) is 0 Å². The van der Waals surface area contributed by atoms with Crippen LogP contribution in [0.25, 0.3) is 5.69 Å². The summed E-state index contributed by atoms with van der Waals surface area (Å²) in [5.74, 6) is 2.37. The van der Waals surface area contributed by atoms with Crippen LogP contribution in [0.1, 0.15) is 27.3 Å².